The first-order valence-electron chi connectivity index (χ1n) is 10.4. The number of carbonyl (C=O) groups excluding carboxylic acids is 2. The number of imide groups is 1. The van der Waals surface area contributed by atoms with Crippen molar-refractivity contribution < 1.29 is 19.5 Å². The smallest absolute Gasteiger partial charge is 0.329 e. The Balaban J connectivity index is 1.41. The zero-order chi connectivity index (χ0) is 21.0. The Hall–Kier alpha value is -2.94. The molecule has 2 saturated heterocycles. The van der Waals surface area contributed by atoms with Crippen LogP contribution in [0.15, 0.2) is 18.2 Å². The van der Waals surface area contributed by atoms with Crippen LogP contribution in [0.4, 0.5) is 10.6 Å². The summed E-state index contributed by atoms with van der Waals surface area (Å²) in [6.07, 6.45) is 4.31. The number of fused-ring (bicyclic) bond motifs is 1. The highest BCUT2D eigenvalue weighted by Gasteiger charge is 2.51. The number of anilines is 1. The number of hydrogen-bond acceptors (Lipinski definition) is 5. The number of aryl methyl sites for hydroxylation is 1. The van der Waals surface area contributed by atoms with Gasteiger partial charge >= 0.3 is 12.0 Å². The molecule has 9 nitrogen and oxygen atoms in total. The SMILES string of the molecule is Cn1nc(N2CCC(=O)NC2=O)c2ccc(C3CCN(CC(=O)O)C4(CC4)C3)cc21. The lowest BCUT2D eigenvalue weighted by molar-refractivity contribution is -0.139. The van der Waals surface area contributed by atoms with Crippen molar-refractivity contribution in [3.63, 3.8) is 0 Å². The maximum Gasteiger partial charge on any atom is 0.329 e. The molecule has 2 aromatic rings. The fraction of sp³-hybridized carbons (Fsp3) is 0.524. The summed E-state index contributed by atoms with van der Waals surface area (Å²) < 4.78 is 1.78. The Morgan fingerprint density at radius 1 is 1.30 bits per heavy atom. The number of carboxylic acid groups (broad SMARTS) is 1. The Morgan fingerprint density at radius 2 is 2.10 bits per heavy atom. The minimum atomic E-state index is -0.757. The lowest BCUT2D eigenvalue weighted by Gasteiger charge is -2.39. The molecule has 2 aliphatic heterocycles. The van der Waals surface area contributed by atoms with Gasteiger partial charge in [-0.05, 0) is 55.8 Å². The minimum absolute atomic E-state index is 0.0479. The van der Waals surface area contributed by atoms with E-state index in [1.165, 1.54) is 10.5 Å². The molecule has 3 heterocycles. The minimum Gasteiger partial charge on any atom is -0.480 e. The Morgan fingerprint density at radius 3 is 2.80 bits per heavy atom. The Kier molecular flexibility index (Phi) is 4.32. The highest BCUT2D eigenvalue weighted by atomic mass is 16.4. The second kappa shape index (κ2) is 6.80. The number of hydrogen-bond donors (Lipinski definition) is 2. The molecule has 0 radical (unpaired) electrons. The van der Waals surface area contributed by atoms with Gasteiger partial charge in [0.15, 0.2) is 5.82 Å². The zero-order valence-electron chi connectivity index (χ0n) is 16.9. The average Bonchev–Trinajstić information content (AvgIpc) is 3.40. The normalized spacial score (nSPS) is 23.8. The van der Waals surface area contributed by atoms with E-state index in [1.807, 2.05) is 13.1 Å². The summed E-state index contributed by atoms with van der Waals surface area (Å²) in [6.45, 7) is 1.24. The number of aliphatic carboxylic acids is 1. The predicted molar refractivity (Wildman–Crippen MR) is 109 cm³/mol. The first kappa shape index (κ1) is 19.0. The third-order valence-corrected chi connectivity index (χ3v) is 6.84. The van der Waals surface area contributed by atoms with Gasteiger partial charge in [-0.15, -0.1) is 0 Å². The van der Waals surface area contributed by atoms with Crippen molar-refractivity contribution in [3.05, 3.63) is 23.8 Å². The number of carbonyl (C=O) groups is 3. The summed E-state index contributed by atoms with van der Waals surface area (Å²) in [6, 6.07) is 5.83. The molecule has 5 rings (SSSR count). The lowest BCUT2D eigenvalue weighted by atomic mass is 9.83. The zero-order valence-corrected chi connectivity index (χ0v) is 16.9. The van der Waals surface area contributed by atoms with Crippen molar-refractivity contribution in [1.82, 2.24) is 20.0 Å². The lowest BCUT2D eigenvalue weighted by Crippen LogP contribution is -2.49. The quantitative estimate of drug-likeness (QED) is 0.795. The van der Waals surface area contributed by atoms with Gasteiger partial charge in [0, 0.05) is 30.9 Å². The van der Waals surface area contributed by atoms with E-state index in [4.69, 9.17) is 0 Å². The van der Waals surface area contributed by atoms with Crippen molar-refractivity contribution in [2.75, 3.05) is 24.5 Å². The van der Waals surface area contributed by atoms with Crippen LogP contribution in [0.5, 0.6) is 0 Å². The van der Waals surface area contributed by atoms with E-state index in [2.05, 4.69) is 27.4 Å². The molecular weight excluding hydrogens is 386 g/mol. The number of amides is 3. The van der Waals surface area contributed by atoms with Gasteiger partial charge < -0.3 is 5.11 Å². The molecule has 0 bridgehead atoms. The highest BCUT2D eigenvalue weighted by Crippen LogP contribution is 2.52. The van der Waals surface area contributed by atoms with E-state index < -0.39 is 12.0 Å². The van der Waals surface area contributed by atoms with Gasteiger partial charge in [0.1, 0.15) is 0 Å². The number of aromatic nitrogens is 2. The molecule has 3 fully saturated rings. The number of nitrogens with one attached hydrogen (secondary N) is 1. The van der Waals surface area contributed by atoms with Gasteiger partial charge in [0.25, 0.3) is 0 Å². The standard InChI is InChI=1S/C21H25N5O4/c1-24-16-10-13(14-4-8-25(12-18(28)29)21(11-14)6-7-21)2-3-15(16)19(23-24)26-9-5-17(27)22-20(26)30/h2-3,10,14H,4-9,11-12H2,1H3,(H,28,29)(H,22,27,30). The summed E-state index contributed by atoms with van der Waals surface area (Å²) in [4.78, 5) is 38.6. The largest absolute Gasteiger partial charge is 0.480 e. The van der Waals surface area contributed by atoms with Crippen LogP contribution in [-0.4, -0.2) is 62.9 Å². The molecule has 3 aliphatic rings. The number of urea groups is 1. The molecule has 1 aromatic carbocycles. The summed E-state index contributed by atoms with van der Waals surface area (Å²) in [5.41, 5.74) is 2.23. The van der Waals surface area contributed by atoms with Crippen molar-refractivity contribution in [2.24, 2.45) is 7.05 Å². The molecule has 30 heavy (non-hydrogen) atoms. The molecule has 2 N–H and O–H groups in total. The molecule has 9 heteroatoms. The van der Waals surface area contributed by atoms with E-state index in [0.717, 1.165) is 43.1 Å². The number of benzene rings is 1. The van der Waals surface area contributed by atoms with Crippen LogP contribution in [0.3, 0.4) is 0 Å². The topological polar surface area (TPSA) is 108 Å². The number of rotatable bonds is 4. The Bertz CT molecular complexity index is 1060. The Labute approximate surface area is 173 Å². The highest BCUT2D eigenvalue weighted by molar-refractivity contribution is 6.08. The molecule has 158 valence electrons. The van der Waals surface area contributed by atoms with Crippen LogP contribution in [0.2, 0.25) is 0 Å². The van der Waals surface area contributed by atoms with Gasteiger partial charge in [-0.1, -0.05) is 6.07 Å². The molecule has 1 saturated carbocycles. The van der Waals surface area contributed by atoms with Crippen LogP contribution >= 0.6 is 0 Å². The molecule has 1 spiro atoms. The maximum atomic E-state index is 12.3. The maximum absolute atomic E-state index is 12.3. The molecule has 1 unspecified atom stereocenters. The van der Waals surface area contributed by atoms with Crippen molar-refractivity contribution in [3.8, 4) is 0 Å². The molecule has 1 aromatic heterocycles. The monoisotopic (exact) mass is 411 g/mol. The van der Waals surface area contributed by atoms with Gasteiger partial charge in [0.2, 0.25) is 5.91 Å². The van der Waals surface area contributed by atoms with Gasteiger partial charge in [-0.25, -0.2) is 4.79 Å². The van der Waals surface area contributed by atoms with E-state index in [-0.39, 0.29) is 24.4 Å². The second-order valence-corrected chi connectivity index (χ2v) is 8.71. The average molecular weight is 411 g/mol. The molecule has 1 atom stereocenters. The molecule has 1 aliphatic carbocycles. The van der Waals surface area contributed by atoms with E-state index in [0.29, 0.717) is 18.3 Å². The number of likely N-dealkylation sites (tertiary alicyclic amines) is 1. The second-order valence-electron chi connectivity index (χ2n) is 8.71. The summed E-state index contributed by atoms with van der Waals surface area (Å²) in [7, 11) is 1.86. The molecular formula is C21H25N5O4. The fourth-order valence-electron chi connectivity index (χ4n) is 5.07. The van der Waals surface area contributed by atoms with Crippen molar-refractivity contribution >= 4 is 34.6 Å². The van der Waals surface area contributed by atoms with Crippen LogP contribution in [-0.2, 0) is 16.6 Å². The third-order valence-electron chi connectivity index (χ3n) is 6.84. The van der Waals surface area contributed by atoms with E-state index >= 15 is 0 Å². The van der Waals surface area contributed by atoms with Crippen molar-refractivity contribution in [1.29, 1.82) is 0 Å². The number of nitrogens with zero attached hydrogens (tertiary/aromatic N) is 4. The number of piperidine rings is 1. The first-order valence-corrected chi connectivity index (χ1v) is 10.4. The fourth-order valence-corrected chi connectivity index (χ4v) is 5.07. The van der Waals surface area contributed by atoms with Crippen molar-refractivity contribution in [2.45, 2.75) is 43.6 Å². The van der Waals surface area contributed by atoms with Crippen LogP contribution in [0.25, 0.3) is 10.9 Å². The molecule has 3 amide bonds. The van der Waals surface area contributed by atoms with Gasteiger partial charge in [-0.3, -0.25) is 29.4 Å². The van der Waals surface area contributed by atoms with Crippen LogP contribution in [0, 0.1) is 0 Å². The van der Waals surface area contributed by atoms with E-state index in [1.54, 1.807) is 4.68 Å². The summed E-state index contributed by atoms with van der Waals surface area (Å²) >= 11 is 0. The van der Waals surface area contributed by atoms with Crippen LogP contribution in [0.1, 0.15) is 43.6 Å². The van der Waals surface area contributed by atoms with E-state index in [9.17, 15) is 19.5 Å². The van der Waals surface area contributed by atoms with Gasteiger partial charge in [0.05, 0.1) is 12.1 Å². The van der Waals surface area contributed by atoms with Gasteiger partial charge in [-0.2, -0.15) is 5.10 Å². The number of carboxylic acids is 1. The van der Waals surface area contributed by atoms with Crippen LogP contribution < -0.4 is 10.2 Å². The first-order chi connectivity index (χ1) is 14.4. The summed E-state index contributed by atoms with van der Waals surface area (Å²) in [5.74, 6) is -0.0655. The predicted octanol–water partition coefficient (Wildman–Crippen LogP) is 1.82. The third kappa shape index (κ3) is 3.13. The summed E-state index contributed by atoms with van der Waals surface area (Å²) in [5, 5.41) is 17.0.